The Kier molecular flexibility index (Phi) is 5.59. The van der Waals surface area contributed by atoms with Crippen LogP contribution < -0.4 is 5.32 Å². The van der Waals surface area contributed by atoms with Gasteiger partial charge in [0.1, 0.15) is 0 Å². The first kappa shape index (κ1) is 16.6. The van der Waals surface area contributed by atoms with Gasteiger partial charge < -0.3 is 10.4 Å². The molecular weight excluding hydrogens is 304 g/mol. The zero-order valence-electron chi connectivity index (χ0n) is 13.7. The van der Waals surface area contributed by atoms with Crippen molar-refractivity contribution >= 4 is 5.91 Å². The number of aliphatic hydroxyl groups excluding tert-OH is 1. The number of carbonyl (C=O) groups is 1. The zero-order chi connectivity index (χ0) is 16.8. The van der Waals surface area contributed by atoms with E-state index in [9.17, 15) is 9.90 Å². The third-order valence-corrected chi connectivity index (χ3v) is 4.54. The average molecular weight is 328 g/mol. The first-order chi connectivity index (χ1) is 11.7. The van der Waals surface area contributed by atoms with Crippen LogP contribution in [0.2, 0.25) is 0 Å². The van der Waals surface area contributed by atoms with Gasteiger partial charge in [-0.2, -0.15) is 5.10 Å². The van der Waals surface area contributed by atoms with Crippen molar-refractivity contribution in [1.82, 2.24) is 20.1 Å². The number of aryl methyl sites for hydroxylation is 1. The Hall–Kier alpha value is -2.21. The number of pyridine rings is 1. The molecule has 128 valence electrons. The van der Waals surface area contributed by atoms with Crippen LogP contribution in [0, 0.1) is 5.92 Å². The summed E-state index contributed by atoms with van der Waals surface area (Å²) in [4.78, 5) is 16.4. The molecule has 0 aliphatic heterocycles. The molecule has 0 aromatic carbocycles. The second kappa shape index (κ2) is 8.06. The summed E-state index contributed by atoms with van der Waals surface area (Å²) in [5.41, 5.74) is 1.01. The molecule has 2 aromatic heterocycles. The minimum Gasteiger partial charge on any atom is -0.391 e. The van der Waals surface area contributed by atoms with E-state index in [1.54, 1.807) is 12.4 Å². The molecule has 1 unspecified atom stereocenters. The molecular formula is C18H24N4O2. The highest BCUT2D eigenvalue weighted by molar-refractivity contribution is 5.76. The van der Waals surface area contributed by atoms with Crippen LogP contribution in [0.4, 0.5) is 0 Å². The van der Waals surface area contributed by atoms with Gasteiger partial charge in [0.2, 0.25) is 5.91 Å². The third-order valence-electron chi connectivity index (χ3n) is 4.54. The Morgan fingerprint density at radius 1 is 1.29 bits per heavy atom. The standard InChI is InChI=1S/C18H24N4O2/c23-17-12-14(13-22-10-4-9-20-22)11-16(17)21-18(24)7-3-6-15-5-1-2-8-19-15/h1-2,4-5,8-10,14,16-17,23H,3,6-7,11-13H2,(H,21,24)/t14?,16-,17-/m1/s1. The van der Waals surface area contributed by atoms with Crippen LogP contribution in [0.3, 0.4) is 0 Å². The van der Waals surface area contributed by atoms with Crippen LogP contribution in [-0.2, 0) is 17.8 Å². The Morgan fingerprint density at radius 2 is 2.21 bits per heavy atom. The fourth-order valence-electron chi connectivity index (χ4n) is 3.35. The largest absolute Gasteiger partial charge is 0.391 e. The maximum absolute atomic E-state index is 12.1. The normalized spacial score (nSPS) is 23.3. The van der Waals surface area contributed by atoms with Crippen LogP contribution in [0.1, 0.15) is 31.4 Å². The maximum atomic E-state index is 12.1. The van der Waals surface area contributed by atoms with Crippen molar-refractivity contribution in [2.75, 3.05) is 0 Å². The molecule has 2 heterocycles. The van der Waals surface area contributed by atoms with E-state index in [0.29, 0.717) is 18.8 Å². The molecule has 0 bridgehead atoms. The van der Waals surface area contributed by atoms with Gasteiger partial charge in [-0.15, -0.1) is 0 Å². The lowest BCUT2D eigenvalue weighted by atomic mass is 10.1. The number of rotatable bonds is 7. The number of carbonyl (C=O) groups excluding carboxylic acids is 1. The SMILES string of the molecule is O=C(CCCc1ccccn1)N[C@@H]1CC(Cn2cccn2)C[C@H]1O. The van der Waals surface area contributed by atoms with Gasteiger partial charge in [-0.25, -0.2) is 0 Å². The summed E-state index contributed by atoms with van der Waals surface area (Å²) in [6, 6.07) is 7.56. The predicted octanol–water partition coefficient (Wildman–Crippen LogP) is 1.56. The van der Waals surface area contributed by atoms with Gasteiger partial charge >= 0.3 is 0 Å². The fourth-order valence-corrected chi connectivity index (χ4v) is 3.35. The molecule has 0 radical (unpaired) electrons. The second-order valence-electron chi connectivity index (χ2n) is 6.48. The van der Waals surface area contributed by atoms with Gasteiger partial charge in [0.25, 0.3) is 0 Å². The first-order valence-electron chi connectivity index (χ1n) is 8.55. The predicted molar refractivity (Wildman–Crippen MR) is 90.1 cm³/mol. The van der Waals surface area contributed by atoms with Crippen molar-refractivity contribution in [2.45, 2.75) is 50.8 Å². The van der Waals surface area contributed by atoms with E-state index in [1.807, 2.05) is 35.1 Å². The lowest BCUT2D eigenvalue weighted by molar-refractivity contribution is -0.122. The number of hydrogen-bond donors (Lipinski definition) is 2. The van der Waals surface area contributed by atoms with E-state index < -0.39 is 6.10 Å². The van der Waals surface area contributed by atoms with Gasteiger partial charge in [0, 0.05) is 37.3 Å². The summed E-state index contributed by atoms with van der Waals surface area (Å²) >= 11 is 0. The van der Waals surface area contributed by atoms with Gasteiger partial charge in [-0.3, -0.25) is 14.5 Å². The first-order valence-corrected chi connectivity index (χ1v) is 8.55. The quantitative estimate of drug-likeness (QED) is 0.808. The van der Waals surface area contributed by atoms with Gasteiger partial charge in [-0.05, 0) is 49.8 Å². The molecule has 24 heavy (non-hydrogen) atoms. The third kappa shape index (κ3) is 4.64. The van der Waals surface area contributed by atoms with E-state index in [-0.39, 0.29) is 11.9 Å². The number of amides is 1. The number of aliphatic hydroxyl groups is 1. The smallest absolute Gasteiger partial charge is 0.220 e. The highest BCUT2D eigenvalue weighted by atomic mass is 16.3. The summed E-state index contributed by atoms with van der Waals surface area (Å²) in [5.74, 6) is 0.355. The van der Waals surface area contributed by atoms with Crippen molar-refractivity contribution < 1.29 is 9.90 Å². The Bertz CT molecular complexity index is 630. The van der Waals surface area contributed by atoms with Crippen LogP contribution in [0.15, 0.2) is 42.9 Å². The van der Waals surface area contributed by atoms with E-state index in [0.717, 1.165) is 31.5 Å². The van der Waals surface area contributed by atoms with Crippen molar-refractivity contribution in [3.8, 4) is 0 Å². The molecule has 2 aromatic rings. The summed E-state index contributed by atoms with van der Waals surface area (Å²) in [6.07, 6.45) is 8.51. The van der Waals surface area contributed by atoms with Gasteiger partial charge in [-0.1, -0.05) is 6.07 Å². The summed E-state index contributed by atoms with van der Waals surface area (Å²) in [7, 11) is 0. The molecule has 0 saturated heterocycles. The van der Waals surface area contributed by atoms with Crippen LogP contribution in [-0.4, -0.2) is 37.9 Å². The molecule has 2 N–H and O–H groups in total. The molecule has 6 heteroatoms. The van der Waals surface area contributed by atoms with E-state index >= 15 is 0 Å². The molecule has 1 saturated carbocycles. The highest BCUT2D eigenvalue weighted by Gasteiger charge is 2.33. The fraction of sp³-hybridized carbons (Fsp3) is 0.500. The molecule has 0 spiro atoms. The molecule has 3 atom stereocenters. The number of hydrogen-bond acceptors (Lipinski definition) is 4. The van der Waals surface area contributed by atoms with Crippen LogP contribution in [0.25, 0.3) is 0 Å². The van der Waals surface area contributed by atoms with E-state index in [1.165, 1.54) is 0 Å². The van der Waals surface area contributed by atoms with Crippen LogP contribution >= 0.6 is 0 Å². The maximum Gasteiger partial charge on any atom is 0.220 e. The molecule has 1 aliphatic carbocycles. The lowest BCUT2D eigenvalue weighted by Crippen LogP contribution is -2.39. The molecule has 3 rings (SSSR count). The van der Waals surface area contributed by atoms with Crippen LogP contribution in [0.5, 0.6) is 0 Å². The minimum absolute atomic E-state index is 0.00900. The number of nitrogens with zero attached hydrogens (tertiary/aromatic N) is 3. The molecule has 1 amide bonds. The molecule has 6 nitrogen and oxygen atoms in total. The van der Waals surface area contributed by atoms with Gasteiger partial charge in [0.05, 0.1) is 12.1 Å². The zero-order valence-corrected chi connectivity index (χ0v) is 13.7. The summed E-state index contributed by atoms with van der Waals surface area (Å²) < 4.78 is 1.88. The topological polar surface area (TPSA) is 80.0 Å². The second-order valence-corrected chi connectivity index (χ2v) is 6.48. The van der Waals surface area contributed by atoms with Crippen molar-refractivity contribution in [3.63, 3.8) is 0 Å². The Labute approximate surface area is 141 Å². The summed E-state index contributed by atoms with van der Waals surface area (Å²) in [6.45, 7) is 0.788. The van der Waals surface area contributed by atoms with E-state index in [4.69, 9.17) is 0 Å². The average Bonchev–Trinajstić information content (AvgIpc) is 3.19. The minimum atomic E-state index is -0.467. The summed E-state index contributed by atoms with van der Waals surface area (Å²) in [5, 5.41) is 17.4. The van der Waals surface area contributed by atoms with Crippen molar-refractivity contribution in [1.29, 1.82) is 0 Å². The Morgan fingerprint density at radius 3 is 2.96 bits per heavy atom. The molecule has 1 aliphatic rings. The van der Waals surface area contributed by atoms with E-state index in [2.05, 4.69) is 15.4 Å². The molecule has 1 fully saturated rings. The van der Waals surface area contributed by atoms with Gasteiger partial charge in [0.15, 0.2) is 0 Å². The monoisotopic (exact) mass is 328 g/mol. The Balaban J connectivity index is 1.39. The highest BCUT2D eigenvalue weighted by Crippen LogP contribution is 2.27. The number of aromatic nitrogens is 3. The number of nitrogens with one attached hydrogen (secondary N) is 1. The van der Waals surface area contributed by atoms with Crippen molar-refractivity contribution in [2.24, 2.45) is 5.92 Å². The van der Waals surface area contributed by atoms with Crippen molar-refractivity contribution in [3.05, 3.63) is 48.5 Å². The lowest BCUT2D eigenvalue weighted by Gasteiger charge is -2.16.